The number of β-amino-alcohol motifs (C(OH)–C–C–N with tert-alkyl or cyclic N) is 1. The zero-order valence-electron chi connectivity index (χ0n) is 13.8. The molecule has 3 atom stereocenters. The standard InChI is InChI=1S/C18H29NO2/c1-13-8-14(2)10-18(9-13)21-12-17(20)11-19-15(3)6-5-7-16(19)4/h8-10,15-17,20H,5-7,11-12H2,1-4H3/t15-,16-,17-/m1/s1. The maximum atomic E-state index is 10.3. The van der Waals surface area contributed by atoms with Gasteiger partial charge in [0, 0.05) is 18.6 Å². The Morgan fingerprint density at radius 1 is 1.14 bits per heavy atom. The second-order valence-electron chi connectivity index (χ2n) is 6.61. The summed E-state index contributed by atoms with van der Waals surface area (Å²) in [6.45, 7) is 9.70. The summed E-state index contributed by atoms with van der Waals surface area (Å²) in [6.07, 6.45) is 3.33. The van der Waals surface area contributed by atoms with Gasteiger partial charge in [0.05, 0.1) is 0 Å². The molecule has 1 aromatic carbocycles. The van der Waals surface area contributed by atoms with E-state index in [-0.39, 0.29) is 0 Å². The van der Waals surface area contributed by atoms with E-state index in [9.17, 15) is 5.11 Å². The van der Waals surface area contributed by atoms with Crippen molar-refractivity contribution in [2.45, 2.75) is 65.1 Å². The first-order valence-electron chi connectivity index (χ1n) is 8.10. The number of aliphatic hydroxyl groups is 1. The van der Waals surface area contributed by atoms with Crippen molar-refractivity contribution in [2.75, 3.05) is 13.2 Å². The molecule has 0 saturated carbocycles. The van der Waals surface area contributed by atoms with Crippen LogP contribution in [0.15, 0.2) is 18.2 Å². The second-order valence-corrected chi connectivity index (χ2v) is 6.61. The largest absolute Gasteiger partial charge is 0.491 e. The van der Waals surface area contributed by atoms with Gasteiger partial charge in [-0.2, -0.15) is 0 Å². The van der Waals surface area contributed by atoms with E-state index < -0.39 is 6.10 Å². The van der Waals surface area contributed by atoms with Crippen LogP contribution in [-0.4, -0.2) is 41.3 Å². The molecule has 0 radical (unpaired) electrons. The van der Waals surface area contributed by atoms with Gasteiger partial charge >= 0.3 is 0 Å². The van der Waals surface area contributed by atoms with E-state index in [4.69, 9.17) is 4.74 Å². The predicted octanol–water partition coefficient (Wildman–Crippen LogP) is 3.31. The predicted molar refractivity (Wildman–Crippen MR) is 86.9 cm³/mol. The summed E-state index contributed by atoms with van der Waals surface area (Å²) in [5.41, 5.74) is 2.38. The van der Waals surface area contributed by atoms with Crippen LogP contribution < -0.4 is 4.74 Å². The smallest absolute Gasteiger partial charge is 0.119 e. The molecule has 1 saturated heterocycles. The molecule has 0 spiro atoms. The summed E-state index contributed by atoms with van der Waals surface area (Å²) in [6, 6.07) is 7.28. The lowest BCUT2D eigenvalue weighted by Gasteiger charge is -2.40. The van der Waals surface area contributed by atoms with Crippen LogP contribution in [-0.2, 0) is 0 Å². The Kier molecular flexibility index (Phi) is 5.65. The zero-order chi connectivity index (χ0) is 15.4. The minimum atomic E-state index is -0.436. The fourth-order valence-electron chi connectivity index (χ4n) is 3.34. The van der Waals surface area contributed by atoms with Crippen LogP contribution in [0.1, 0.15) is 44.2 Å². The lowest BCUT2D eigenvalue weighted by atomic mass is 9.97. The van der Waals surface area contributed by atoms with Gasteiger partial charge in [-0.1, -0.05) is 12.5 Å². The van der Waals surface area contributed by atoms with Crippen LogP contribution >= 0.6 is 0 Å². The van der Waals surface area contributed by atoms with Crippen molar-refractivity contribution >= 4 is 0 Å². The van der Waals surface area contributed by atoms with E-state index in [1.165, 1.54) is 30.4 Å². The first kappa shape index (κ1) is 16.3. The van der Waals surface area contributed by atoms with Crippen molar-refractivity contribution in [2.24, 2.45) is 0 Å². The average molecular weight is 291 g/mol. The topological polar surface area (TPSA) is 32.7 Å². The third-order valence-corrected chi connectivity index (χ3v) is 4.44. The summed E-state index contributed by atoms with van der Waals surface area (Å²) in [5, 5.41) is 10.3. The van der Waals surface area contributed by atoms with Gasteiger partial charge in [0.1, 0.15) is 18.5 Å². The molecule has 118 valence electrons. The van der Waals surface area contributed by atoms with Gasteiger partial charge < -0.3 is 9.84 Å². The van der Waals surface area contributed by atoms with Crippen molar-refractivity contribution in [3.63, 3.8) is 0 Å². The minimum Gasteiger partial charge on any atom is -0.491 e. The number of aryl methyl sites for hydroxylation is 2. The highest BCUT2D eigenvalue weighted by atomic mass is 16.5. The normalized spacial score (nSPS) is 24.8. The van der Waals surface area contributed by atoms with Crippen LogP contribution in [0.25, 0.3) is 0 Å². The fraction of sp³-hybridized carbons (Fsp3) is 0.667. The summed E-state index contributed by atoms with van der Waals surface area (Å²) in [5.74, 6) is 0.853. The second kappa shape index (κ2) is 7.28. The monoisotopic (exact) mass is 291 g/mol. The number of rotatable bonds is 5. The number of aliphatic hydroxyl groups excluding tert-OH is 1. The molecule has 2 rings (SSSR count). The Morgan fingerprint density at radius 3 is 2.29 bits per heavy atom. The van der Waals surface area contributed by atoms with Crippen molar-refractivity contribution in [3.8, 4) is 5.75 Å². The van der Waals surface area contributed by atoms with Gasteiger partial charge in [-0.15, -0.1) is 0 Å². The van der Waals surface area contributed by atoms with Crippen molar-refractivity contribution < 1.29 is 9.84 Å². The molecule has 1 aromatic rings. The average Bonchev–Trinajstić information content (AvgIpc) is 2.40. The Morgan fingerprint density at radius 2 is 1.71 bits per heavy atom. The van der Waals surface area contributed by atoms with Crippen LogP contribution in [0.2, 0.25) is 0 Å². The number of benzene rings is 1. The molecule has 1 N–H and O–H groups in total. The molecular weight excluding hydrogens is 262 g/mol. The van der Waals surface area contributed by atoms with Crippen LogP contribution in [0.4, 0.5) is 0 Å². The summed E-state index contributed by atoms with van der Waals surface area (Å²) < 4.78 is 5.76. The van der Waals surface area contributed by atoms with Gasteiger partial charge in [-0.05, 0) is 63.8 Å². The zero-order valence-corrected chi connectivity index (χ0v) is 13.8. The van der Waals surface area contributed by atoms with Crippen LogP contribution in [0.5, 0.6) is 5.75 Å². The van der Waals surface area contributed by atoms with Gasteiger partial charge in [-0.3, -0.25) is 4.90 Å². The van der Waals surface area contributed by atoms with Crippen molar-refractivity contribution in [1.29, 1.82) is 0 Å². The highest BCUT2D eigenvalue weighted by Gasteiger charge is 2.26. The van der Waals surface area contributed by atoms with E-state index >= 15 is 0 Å². The molecular formula is C18H29NO2. The van der Waals surface area contributed by atoms with E-state index in [1.54, 1.807) is 0 Å². The van der Waals surface area contributed by atoms with E-state index in [0.29, 0.717) is 25.2 Å². The summed E-state index contributed by atoms with van der Waals surface area (Å²) in [7, 11) is 0. The summed E-state index contributed by atoms with van der Waals surface area (Å²) in [4.78, 5) is 2.42. The Hall–Kier alpha value is -1.06. The first-order chi connectivity index (χ1) is 9.95. The molecule has 3 nitrogen and oxygen atoms in total. The molecule has 1 aliphatic heterocycles. The van der Waals surface area contributed by atoms with Gasteiger partial charge in [-0.25, -0.2) is 0 Å². The first-order valence-corrected chi connectivity index (χ1v) is 8.10. The number of hydrogen-bond acceptors (Lipinski definition) is 3. The minimum absolute atomic E-state index is 0.360. The van der Waals surface area contributed by atoms with Gasteiger partial charge in [0.15, 0.2) is 0 Å². The Balaban J connectivity index is 1.85. The number of likely N-dealkylation sites (tertiary alicyclic amines) is 1. The Labute approximate surface area is 128 Å². The van der Waals surface area contributed by atoms with Crippen molar-refractivity contribution in [3.05, 3.63) is 29.3 Å². The van der Waals surface area contributed by atoms with Crippen molar-refractivity contribution in [1.82, 2.24) is 4.90 Å². The highest BCUT2D eigenvalue weighted by molar-refractivity contribution is 5.32. The SMILES string of the molecule is Cc1cc(C)cc(OC[C@H](O)CN2[C@H](C)CCC[C@H]2C)c1. The van der Waals surface area contributed by atoms with E-state index in [2.05, 4.69) is 38.7 Å². The van der Waals surface area contributed by atoms with E-state index in [1.807, 2.05) is 12.1 Å². The molecule has 1 fully saturated rings. The molecule has 0 amide bonds. The quantitative estimate of drug-likeness (QED) is 0.903. The molecule has 1 aliphatic rings. The molecule has 3 heteroatoms. The van der Waals surface area contributed by atoms with Crippen LogP contribution in [0.3, 0.4) is 0 Å². The highest BCUT2D eigenvalue weighted by Crippen LogP contribution is 2.23. The fourth-order valence-corrected chi connectivity index (χ4v) is 3.34. The maximum Gasteiger partial charge on any atom is 0.119 e. The molecule has 0 bridgehead atoms. The maximum absolute atomic E-state index is 10.3. The molecule has 0 unspecified atom stereocenters. The third-order valence-electron chi connectivity index (χ3n) is 4.44. The number of piperidine rings is 1. The lowest BCUT2D eigenvalue weighted by molar-refractivity contribution is 0.0208. The molecule has 1 heterocycles. The number of ether oxygens (including phenoxy) is 1. The van der Waals surface area contributed by atoms with E-state index in [0.717, 1.165) is 5.75 Å². The third kappa shape index (κ3) is 4.72. The van der Waals surface area contributed by atoms with Gasteiger partial charge in [0.25, 0.3) is 0 Å². The molecule has 21 heavy (non-hydrogen) atoms. The molecule has 0 aliphatic carbocycles. The Bertz CT molecular complexity index is 430. The van der Waals surface area contributed by atoms with Gasteiger partial charge in [0.2, 0.25) is 0 Å². The summed E-state index contributed by atoms with van der Waals surface area (Å²) >= 11 is 0. The lowest BCUT2D eigenvalue weighted by Crippen LogP contribution is -2.48. The van der Waals surface area contributed by atoms with Crippen LogP contribution in [0, 0.1) is 13.8 Å². The number of hydrogen-bond donors (Lipinski definition) is 1. The number of nitrogens with zero attached hydrogens (tertiary/aromatic N) is 1. The molecule has 0 aromatic heterocycles.